The van der Waals surface area contributed by atoms with Gasteiger partial charge in [0.05, 0.1) is 18.9 Å². The molecule has 1 aromatic carbocycles. The molecule has 1 saturated heterocycles. The number of benzene rings is 1. The zero-order chi connectivity index (χ0) is 23.0. The zero-order valence-electron chi connectivity index (χ0n) is 18.8. The van der Waals surface area contributed by atoms with Crippen LogP contribution in [0.2, 0.25) is 0 Å². The molecular formula is C25H27N5O3. The van der Waals surface area contributed by atoms with E-state index >= 15 is 0 Å². The van der Waals surface area contributed by atoms with Gasteiger partial charge in [0.15, 0.2) is 5.82 Å². The number of pyridine rings is 1. The van der Waals surface area contributed by atoms with Crippen molar-refractivity contribution < 1.29 is 14.3 Å². The van der Waals surface area contributed by atoms with Gasteiger partial charge in [-0.1, -0.05) is 17.7 Å². The number of nitrogens with zero attached hydrogens (tertiary/aromatic N) is 3. The van der Waals surface area contributed by atoms with Gasteiger partial charge in [-0.2, -0.15) is 0 Å². The number of carbonyl (C=O) groups is 1. The van der Waals surface area contributed by atoms with Crippen LogP contribution in [0, 0.1) is 6.92 Å². The number of carbonyl (C=O) groups excluding carboxylic acids is 1. The second-order valence-electron chi connectivity index (χ2n) is 8.85. The summed E-state index contributed by atoms with van der Waals surface area (Å²) < 4.78 is 11.1. The monoisotopic (exact) mass is 445 g/mol. The van der Waals surface area contributed by atoms with Gasteiger partial charge < -0.3 is 20.5 Å². The Kier molecular flexibility index (Phi) is 5.55. The molecule has 170 valence electrons. The Balaban J connectivity index is 1.48. The summed E-state index contributed by atoms with van der Waals surface area (Å²) in [6.07, 6.45) is 4.30. The summed E-state index contributed by atoms with van der Waals surface area (Å²) in [6, 6.07) is 11.2. The predicted molar refractivity (Wildman–Crippen MR) is 124 cm³/mol. The summed E-state index contributed by atoms with van der Waals surface area (Å²) in [5, 5.41) is 2.93. The molecule has 1 aliphatic carbocycles. The minimum atomic E-state index is -1.34. The van der Waals surface area contributed by atoms with Crippen molar-refractivity contribution in [1.82, 2.24) is 15.0 Å². The molecule has 0 saturated carbocycles. The average Bonchev–Trinajstić information content (AvgIpc) is 3.26. The van der Waals surface area contributed by atoms with Crippen molar-refractivity contribution in [2.75, 3.05) is 18.5 Å². The normalized spacial score (nSPS) is 17.1. The largest absolute Gasteiger partial charge is 0.485 e. The molecule has 0 spiro atoms. The van der Waals surface area contributed by atoms with Crippen LogP contribution in [0.15, 0.2) is 42.6 Å². The van der Waals surface area contributed by atoms with E-state index in [1.807, 2.05) is 37.3 Å². The van der Waals surface area contributed by atoms with E-state index in [4.69, 9.17) is 25.2 Å². The Hall–Kier alpha value is -3.36. The van der Waals surface area contributed by atoms with Crippen LogP contribution >= 0.6 is 0 Å². The van der Waals surface area contributed by atoms with E-state index in [-0.39, 0.29) is 12.0 Å². The lowest BCUT2D eigenvalue weighted by Crippen LogP contribution is -2.47. The van der Waals surface area contributed by atoms with E-state index in [1.54, 1.807) is 19.2 Å². The van der Waals surface area contributed by atoms with Crippen molar-refractivity contribution in [3.63, 3.8) is 0 Å². The third-order valence-electron chi connectivity index (χ3n) is 6.08. The smallest absolute Gasteiger partial charge is 0.250 e. The molecule has 0 bridgehead atoms. The van der Waals surface area contributed by atoms with Crippen LogP contribution in [0.5, 0.6) is 5.75 Å². The molecule has 2 aromatic heterocycles. The fraction of sp³-hybridized carbons (Fsp3) is 0.360. The number of rotatable bonds is 6. The van der Waals surface area contributed by atoms with E-state index in [0.717, 1.165) is 36.1 Å². The molecule has 3 N–H and O–H groups in total. The van der Waals surface area contributed by atoms with E-state index in [1.165, 1.54) is 0 Å². The maximum atomic E-state index is 13.2. The highest BCUT2D eigenvalue weighted by Gasteiger charge is 2.37. The molecule has 33 heavy (non-hydrogen) atoms. The van der Waals surface area contributed by atoms with Crippen LogP contribution in [0.1, 0.15) is 35.9 Å². The number of hydrogen-bond acceptors (Lipinski definition) is 7. The van der Waals surface area contributed by atoms with Crippen LogP contribution in [0.4, 0.5) is 5.69 Å². The molecule has 3 aromatic rings. The topological polar surface area (TPSA) is 112 Å². The Morgan fingerprint density at radius 3 is 2.70 bits per heavy atom. The Bertz CT molecular complexity index is 1190. The Labute approximate surface area is 192 Å². The van der Waals surface area contributed by atoms with Gasteiger partial charge in [-0.25, -0.2) is 9.97 Å². The lowest BCUT2D eigenvalue weighted by Gasteiger charge is -2.27. The lowest BCUT2D eigenvalue weighted by molar-refractivity contribution is -0.121. The quantitative estimate of drug-likeness (QED) is 0.600. The number of aromatic nitrogens is 3. The average molecular weight is 446 g/mol. The predicted octanol–water partition coefficient (Wildman–Crippen LogP) is 2.93. The van der Waals surface area contributed by atoms with E-state index in [0.29, 0.717) is 41.9 Å². The Morgan fingerprint density at radius 1 is 1.18 bits per heavy atom. The van der Waals surface area contributed by atoms with E-state index in [9.17, 15) is 4.79 Å². The zero-order valence-corrected chi connectivity index (χ0v) is 18.8. The van der Waals surface area contributed by atoms with Crippen molar-refractivity contribution >= 4 is 11.6 Å². The van der Waals surface area contributed by atoms with Gasteiger partial charge in [-0.15, -0.1) is 0 Å². The molecule has 5 rings (SSSR count). The summed E-state index contributed by atoms with van der Waals surface area (Å²) in [7, 11) is 0. The van der Waals surface area contributed by atoms with Crippen LogP contribution in [-0.2, 0) is 27.9 Å². The van der Waals surface area contributed by atoms with E-state index < -0.39 is 5.54 Å². The van der Waals surface area contributed by atoms with Crippen molar-refractivity contribution in [2.24, 2.45) is 5.73 Å². The summed E-state index contributed by atoms with van der Waals surface area (Å²) in [5.74, 6) is 0.812. The first-order chi connectivity index (χ1) is 15.9. The van der Waals surface area contributed by atoms with Gasteiger partial charge in [0.2, 0.25) is 5.91 Å². The minimum Gasteiger partial charge on any atom is -0.485 e. The van der Waals surface area contributed by atoms with Crippen LogP contribution in [0.3, 0.4) is 0 Å². The third kappa shape index (κ3) is 4.31. The van der Waals surface area contributed by atoms with Crippen molar-refractivity contribution in [3.8, 4) is 17.3 Å². The van der Waals surface area contributed by atoms with Crippen molar-refractivity contribution in [2.45, 2.75) is 44.8 Å². The van der Waals surface area contributed by atoms with Gasteiger partial charge >= 0.3 is 0 Å². The van der Waals surface area contributed by atoms with Gasteiger partial charge in [-0.3, -0.25) is 9.78 Å². The van der Waals surface area contributed by atoms with Crippen LogP contribution in [-0.4, -0.2) is 40.2 Å². The SMILES string of the molecule is Cc1ccc(NC(=O)C(C)(N)c2nc(-c3cc(OC4COC4)ccn3)nc3c2CCC3)cc1. The lowest BCUT2D eigenvalue weighted by atomic mass is 9.92. The molecular weight excluding hydrogens is 418 g/mol. The minimum absolute atomic E-state index is 0.0505. The maximum Gasteiger partial charge on any atom is 0.250 e. The molecule has 3 heterocycles. The first-order valence-electron chi connectivity index (χ1n) is 11.2. The van der Waals surface area contributed by atoms with Crippen molar-refractivity contribution in [1.29, 1.82) is 0 Å². The summed E-state index contributed by atoms with van der Waals surface area (Å²) in [6.45, 7) is 4.86. The van der Waals surface area contributed by atoms with Crippen LogP contribution in [0.25, 0.3) is 11.5 Å². The molecule has 2 aliphatic rings. The fourth-order valence-electron chi connectivity index (χ4n) is 4.06. The number of aryl methyl sites for hydroxylation is 2. The number of amides is 1. The van der Waals surface area contributed by atoms with Crippen molar-refractivity contribution in [3.05, 3.63) is 65.1 Å². The first kappa shape index (κ1) is 21.5. The standard InChI is InChI=1S/C25H27N5O3/c1-15-6-8-16(9-7-15)28-24(31)25(2,26)22-19-4-3-5-20(19)29-23(30-22)21-12-17(10-11-27-21)33-18-13-32-14-18/h6-12,18H,3-5,13-14,26H2,1-2H3,(H,28,31). The van der Waals surface area contributed by atoms with Gasteiger partial charge in [0.1, 0.15) is 23.1 Å². The highest BCUT2D eigenvalue weighted by Crippen LogP contribution is 2.32. The van der Waals surface area contributed by atoms with Gasteiger partial charge in [0, 0.05) is 23.6 Å². The number of nitrogens with two attached hydrogens (primary N) is 1. The van der Waals surface area contributed by atoms with E-state index in [2.05, 4.69) is 10.3 Å². The molecule has 1 fully saturated rings. The molecule has 1 amide bonds. The summed E-state index contributed by atoms with van der Waals surface area (Å²) in [5.41, 5.74) is 10.1. The van der Waals surface area contributed by atoms with Gasteiger partial charge in [0.25, 0.3) is 0 Å². The number of anilines is 1. The maximum absolute atomic E-state index is 13.2. The fourth-order valence-corrected chi connectivity index (χ4v) is 4.06. The Morgan fingerprint density at radius 2 is 1.97 bits per heavy atom. The molecule has 1 aliphatic heterocycles. The number of nitrogens with one attached hydrogen (secondary N) is 1. The second kappa shape index (κ2) is 8.53. The van der Waals surface area contributed by atoms with Gasteiger partial charge in [-0.05, 0) is 56.9 Å². The number of fused-ring (bicyclic) bond motifs is 1. The second-order valence-corrected chi connectivity index (χ2v) is 8.85. The highest BCUT2D eigenvalue weighted by molar-refractivity contribution is 5.98. The third-order valence-corrected chi connectivity index (χ3v) is 6.08. The summed E-state index contributed by atoms with van der Waals surface area (Å²) >= 11 is 0. The first-order valence-corrected chi connectivity index (χ1v) is 11.2. The molecule has 0 radical (unpaired) electrons. The number of hydrogen-bond donors (Lipinski definition) is 2. The number of ether oxygens (including phenoxy) is 2. The highest BCUT2D eigenvalue weighted by atomic mass is 16.6. The molecule has 1 unspecified atom stereocenters. The molecule has 8 nitrogen and oxygen atoms in total. The summed E-state index contributed by atoms with van der Waals surface area (Å²) in [4.78, 5) is 27.2. The molecule has 8 heteroatoms. The van der Waals surface area contributed by atoms with Crippen LogP contribution < -0.4 is 15.8 Å². The molecule has 1 atom stereocenters.